The number of aryl methyl sites for hydroxylation is 1. The van der Waals surface area contributed by atoms with E-state index in [1.54, 1.807) is 0 Å². The molecule has 0 saturated carbocycles. The van der Waals surface area contributed by atoms with Crippen LogP contribution in [0.5, 0.6) is 0 Å². The first-order valence-electron chi connectivity index (χ1n) is 7.17. The van der Waals surface area contributed by atoms with E-state index in [1.165, 1.54) is 5.56 Å². The molecular formula is C18H18ClNO. The van der Waals surface area contributed by atoms with Crippen LogP contribution in [0.15, 0.2) is 46.9 Å². The molecule has 0 unspecified atom stereocenters. The van der Waals surface area contributed by atoms with Crippen LogP contribution < -0.4 is 5.32 Å². The number of fused-ring (bicyclic) bond motifs is 1. The number of nitrogens with one attached hydrogen (secondary N) is 1. The van der Waals surface area contributed by atoms with Gasteiger partial charge in [-0.05, 0) is 42.8 Å². The molecular weight excluding hydrogens is 282 g/mol. The Morgan fingerprint density at radius 2 is 2.00 bits per heavy atom. The number of hydrogen-bond acceptors (Lipinski definition) is 2. The monoisotopic (exact) mass is 299 g/mol. The van der Waals surface area contributed by atoms with Gasteiger partial charge in [0.15, 0.2) is 0 Å². The molecule has 0 aliphatic carbocycles. The minimum Gasteiger partial charge on any atom is -0.456 e. The minimum atomic E-state index is 0.724. The second-order valence-electron chi connectivity index (χ2n) is 5.19. The van der Waals surface area contributed by atoms with Gasteiger partial charge in [0.25, 0.3) is 0 Å². The van der Waals surface area contributed by atoms with Crippen molar-refractivity contribution in [2.24, 2.45) is 0 Å². The van der Waals surface area contributed by atoms with E-state index in [2.05, 4.69) is 49.5 Å². The maximum absolute atomic E-state index is 6.17. The molecule has 21 heavy (non-hydrogen) atoms. The zero-order valence-corrected chi connectivity index (χ0v) is 13.0. The van der Waals surface area contributed by atoms with Crippen molar-refractivity contribution in [2.75, 3.05) is 6.54 Å². The number of benzene rings is 2. The highest BCUT2D eigenvalue weighted by molar-refractivity contribution is 6.30. The Morgan fingerprint density at radius 1 is 1.14 bits per heavy atom. The van der Waals surface area contributed by atoms with Crippen LogP contribution in [0, 0.1) is 6.92 Å². The summed E-state index contributed by atoms with van der Waals surface area (Å²) >= 11 is 6.17. The van der Waals surface area contributed by atoms with Gasteiger partial charge < -0.3 is 9.73 Å². The van der Waals surface area contributed by atoms with E-state index in [0.717, 1.165) is 46.0 Å². The number of hydrogen-bond donors (Lipinski definition) is 1. The molecule has 108 valence electrons. The van der Waals surface area contributed by atoms with Gasteiger partial charge in [-0.3, -0.25) is 0 Å². The fraction of sp³-hybridized carbons (Fsp3) is 0.222. The third-order valence-electron chi connectivity index (χ3n) is 3.64. The smallest absolute Gasteiger partial charge is 0.137 e. The molecule has 1 heterocycles. The summed E-state index contributed by atoms with van der Waals surface area (Å²) in [6.07, 6.45) is 0. The Balaban J connectivity index is 2.12. The van der Waals surface area contributed by atoms with Gasteiger partial charge in [0.05, 0.1) is 0 Å². The molecule has 1 aromatic heterocycles. The highest BCUT2D eigenvalue weighted by atomic mass is 35.5. The van der Waals surface area contributed by atoms with Crippen LogP contribution in [0.25, 0.3) is 22.3 Å². The van der Waals surface area contributed by atoms with Crippen LogP contribution >= 0.6 is 11.6 Å². The number of halogens is 1. The maximum Gasteiger partial charge on any atom is 0.137 e. The molecule has 0 bridgehead atoms. The Hall–Kier alpha value is -1.77. The topological polar surface area (TPSA) is 25.2 Å². The molecule has 0 fully saturated rings. The average Bonchev–Trinajstić information content (AvgIpc) is 2.91. The van der Waals surface area contributed by atoms with Gasteiger partial charge in [-0.25, -0.2) is 0 Å². The summed E-state index contributed by atoms with van der Waals surface area (Å²) < 4.78 is 6.07. The Bertz CT molecular complexity index is 776. The van der Waals surface area contributed by atoms with Gasteiger partial charge in [0, 0.05) is 22.5 Å². The molecule has 2 aromatic carbocycles. The molecule has 3 rings (SSSR count). The number of furan rings is 1. The number of para-hydroxylation sites is 1. The summed E-state index contributed by atoms with van der Waals surface area (Å²) in [6, 6.07) is 14.2. The van der Waals surface area contributed by atoms with Crippen molar-refractivity contribution < 1.29 is 4.42 Å². The molecule has 1 N–H and O–H groups in total. The zero-order valence-electron chi connectivity index (χ0n) is 12.2. The highest BCUT2D eigenvalue weighted by Crippen LogP contribution is 2.33. The van der Waals surface area contributed by atoms with Crippen LogP contribution in [0.1, 0.15) is 18.1 Å². The molecule has 0 amide bonds. The lowest BCUT2D eigenvalue weighted by molar-refractivity contribution is 0.626. The fourth-order valence-electron chi connectivity index (χ4n) is 2.53. The van der Waals surface area contributed by atoms with Gasteiger partial charge in [-0.15, -0.1) is 0 Å². The minimum absolute atomic E-state index is 0.724. The van der Waals surface area contributed by atoms with Crippen molar-refractivity contribution in [3.63, 3.8) is 0 Å². The summed E-state index contributed by atoms with van der Waals surface area (Å²) in [5.41, 5.74) is 4.34. The summed E-state index contributed by atoms with van der Waals surface area (Å²) in [4.78, 5) is 0. The van der Waals surface area contributed by atoms with E-state index < -0.39 is 0 Å². The third kappa shape index (κ3) is 2.82. The van der Waals surface area contributed by atoms with Crippen LogP contribution in [0.3, 0.4) is 0 Å². The van der Waals surface area contributed by atoms with Crippen molar-refractivity contribution >= 4 is 22.6 Å². The van der Waals surface area contributed by atoms with Crippen molar-refractivity contribution in [3.8, 4) is 11.3 Å². The van der Waals surface area contributed by atoms with Crippen molar-refractivity contribution in [1.29, 1.82) is 0 Å². The van der Waals surface area contributed by atoms with E-state index in [9.17, 15) is 0 Å². The second-order valence-corrected chi connectivity index (χ2v) is 5.62. The van der Waals surface area contributed by atoms with Crippen LogP contribution in [0.4, 0.5) is 0 Å². The summed E-state index contributed by atoms with van der Waals surface area (Å²) in [6.45, 7) is 5.90. The maximum atomic E-state index is 6.17. The van der Waals surface area contributed by atoms with Gasteiger partial charge in [0.1, 0.15) is 11.3 Å². The van der Waals surface area contributed by atoms with Gasteiger partial charge >= 0.3 is 0 Å². The molecule has 3 heteroatoms. The molecule has 0 aliphatic heterocycles. The molecule has 3 aromatic rings. The third-order valence-corrected chi connectivity index (χ3v) is 3.88. The Kier molecular flexibility index (Phi) is 4.00. The SMILES string of the molecule is CCNCc1ccc(Cl)cc1-c1cc2cccc(C)c2o1. The summed E-state index contributed by atoms with van der Waals surface area (Å²) in [5.74, 6) is 0.870. The normalized spacial score (nSPS) is 11.2. The molecule has 0 saturated heterocycles. The molecule has 0 radical (unpaired) electrons. The lowest BCUT2D eigenvalue weighted by atomic mass is 10.0. The van der Waals surface area contributed by atoms with Crippen molar-refractivity contribution in [2.45, 2.75) is 20.4 Å². The zero-order chi connectivity index (χ0) is 14.8. The molecule has 0 atom stereocenters. The van der Waals surface area contributed by atoms with Gasteiger partial charge in [-0.2, -0.15) is 0 Å². The lowest BCUT2D eigenvalue weighted by Crippen LogP contribution is -2.12. The second kappa shape index (κ2) is 5.92. The van der Waals surface area contributed by atoms with E-state index in [0.29, 0.717) is 0 Å². The average molecular weight is 300 g/mol. The number of rotatable bonds is 4. The summed E-state index contributed by atoms with van der Waals surface area (Å²) in [5, 5.41) is 5.20. The van der Waals surface area contributed by atoms with E-state index in [4.69, 9.17) is 16.0 Å². The predicted octanol–water partition coefficient (Wildman–Crippen LogP) is 5.17. The van der Waals surface area contributed by atoms with E-state index in [-0.39, 0.29) is 0 Å². The van der Waals surface area contributed by atoms with E-state index >= 15 is 0 Å². The standard InChI is InChI=1S/C18H18ClNO/c1-3-20-11-14-7-8-15(19)10-16(14)17-9-13-6-4-5-12(2)18(13)21-17/h4-10,20H,3,11H2,1-2H3. The Morgan fingerprint density at radius 3 is 2.76 bits per heavy atom. The van der Waals surface area contributed by atoms with Crippen LogP contribution in [0.2, 0.25) is 5.02 Å². The quantitative estimate of drug-likeness (QED) is 0.719. The van der Waals surface area contributed by atoms with Crippen molar-refractivity contribution in [1.82, 2.24) is 5.32 Å². The highest BCUT2D eigenvalue weighted by Gasteiger charge is 2.12. The van der Waals surface area contributed by atoms with Gasteiger partial charge in [-0.1, -0.05) is 42.8 Å². The molecule has 0 aliphatic rings. The van der Waals surface area contributed by atoms with E-state index in [1.807, 2.05) is 12.1 Å². The summed E-state index contributed by atoms with van der Waals surface area (Å²) in [7, 11) is 0. The first-order valence-corrected chi connectivity index (χ1v) is 7.55. The van der Waals surface area contributed by atoms with Crippen LogP contribution in [-0.2, 0) is 6.54 Å². The lowest BCUT2D eigenvalue weighted by Gasteiger charge is -2.08. The molecule has 2 nitrogen and oxygen atoms in total. The first-order chi connectivity index (χ1) is 10.2. The van der Waals surface area contributed by atoms with Crippen molar-refractivity contribution in [3.05, 3.63) is 58.6 Å². The Labute approximate surface area is 129 Å². The first kappa shape index (κ1) is 14.2. The largest absolute Gasteiger partial charge is 0.456 e. The predicted molar refractivity (Wildman–Crippen MR) is 88.8 cm³/mol. The molecule has 0 spiro atoms. The van der Waals surface area contributed by atoms with Gasteiger partial charge in [0.2, 0.25) is 0 Å². The fourth-order valence-corrected chi connectivity index (χ4v) is 2.71. The van der Waals surface area contributed by atoms with Crippen LogP contribution in [-0.4, -0.2) is 6.54 Å².